The van der Waals surface area contributed by atoms with Gasteiger partial charge in [0.05, 0.1) is 12.3 Å². The molecule has 1 unspecified atom stereocenters. The van der Waals surface area contributed by atoms with Gasteiger partial charge in [0.1, 0.15) is 0 Å². The van der Waals surface area contributed by atoms with E-state index < -0.39 is 6.10 Å². The third-order valence-corrected chi connectivity index (χ3v) is 2.38. The second-order valence-electron chi connectivity index (χ2n) is 3.62. The lowest BCUT2D eigenvalue weighted by Gasteiger charge is -2.09. The minimum absolute atomic E-state index is 0.399. The Morgan fingerprint density at radius 3 is 2.87 bits per heavy atom. The molecule has 1 atom stereocenters. The topological polar surface area (TPSA) is 46.0 Å². The van der Waals surface area contributed by atoms with Crippen LogP contribution >= 0.6 is 0 Å². The van der Waals surface area contributed by atoms with Gasteiger partial charge in [-0.25, -0.2) is 0 Å². The van der Waals surface area contributed by atoms with E-state index in [1.54, 1.807) is 18.5 Å². The van der Waals surface area contributed by atoms with Crippen molar-refractivity contribution < 1.29 is 5.11 Å². The Labute approximate surface area is 90.9 Å². The summed E-state index contributed by atoms with van der Waals surface area (Å²) in [6.45, 7) is 3.68. The number of aliphatic hydroxyl groups excluding tert-OH is 1. The van der Waals surface area contributed by atoms with E-state index in [-0.39, 0.29) is 0 Å². The summed E-state index contributed by atoms with van der Waals surface area (Å²) in [5.41, 5.74) is 0.855. The molecule has 0 amide bonds. The molecule has 82 valence electrons. The zero-order valence-corrected chi connectivity index (χ0v) is 8.97. The molecule has 0 spiro atoms. The van der Waals surface area contributed by atoms with E-state index in [4.69, 9.17) is 0 Å². The second kappa shape index (κ2) is 7.12. The first-order valence-corrected chi connectivity index (χ1v) is 5.40. The van der Waals surface area contributed by atoms with E-state index in [1.165, 1.54) is 0 Å². The van der Waals surface area contributed by atoms with E-state index in [1.807, 2.05) is 6.08 Å². The summed E-state index contributed by atoms with van der Waals surface area (Å²) >= 11 is 0. The fraction of sp³-hybridized carbons (Fsp3) is 0.500. The predicted octanol–water partition coefficient (Wildman–Crippen LogP) is 2.65. The van der Waals surface area contributed by atoms with Crippen molar-refractivity contribution in [3.05, 3.63) is 36.7 Å². The first-order chi connectivity index (χ1) is 7.34. The third-order valence-electron chi connectivity index (χ3n) is 2.38. The van der Waals surface area contributed by atoms with Crippen LogP contribution in [0.15, 0.2) is 31.1 Å². The van der Waals surface area contributed by atoms with Crippen molar-refractivity contribution in [2.75, 3.05) is 0 Å². The normalized spacial score (nSPS) is 12.3. The minimum atomic E-state index is -0.399. The Bertz CT molecular complexity index is 274. The molecule has 1 aromatic rings. The number of aliphatic hydroxyl groups is 1. The zero-order valence-electron chi connectivity index (χ0n) is 8.97. The van der Waals surface area contributed by atoms with Gasteiger partial charge in [0.25, 0.3) is 0 Å². The molecule has 15 heavy (non-hydrogen) atoms. The van der Waals surface area contributed by atoms with Gasteiger partial charge in [0.2, 0.25) is 0 Å². The summed E-state index contributed by atoms with van der Waals surface area (Å²) < 4.78 is 0. The summed E-state index contributed by atoms with van der Waals surface area (Å²) in [5, 5.41) is 17.2. The molecule has 0 aliphatic heterocycles. The van der Waals surface area contributed by atoms with Crippen molar-refractivity contribution in [3.8, 4) is 0 Å². The molecule has 0 fully saturated rings. The Kier molecular flexibility index (Phi) is 5.63. The average molecular weight is 206 g/mol. The van der Waals surface area contributed by atoms with E-state index in [0.717, 1.165) is 37.7 Å². The lowest BCUT2D eigenvalue weighted by atomic mass is 10.0. The van der Waals surface area contributed by atoms with Crippen LogP contribution in [0.3, 0.4) is 0 Å². The van der Waals surface area contributed by atoms with Gasteiger partial charge in [-0.05, 0) is 25.3 Å². The van der Waals surface area contributed by atoms with Crippen LogP contribution in [0.5, 0.6) is 0 Å². The Morgan fingerprint density at radius 1 is 1.33 bits per heavy atom. The fourth-order valence-electron chi connectivity index (χ4n) is 1.47. The molecule has 0 aliphatic carbocycles. The molecule has 3 nitrogen and oxygen atoms in total. The van der Waals surface area contributed by atoms with Crippen molar-refractivity contribution in [1.82, 2.24) is 10.2 Å². The van der Waals surface area contributed by atoms with Crippen LogP contribution in [-0.4, -0.2) is 15.3 Å². The number of hydrogen-bond acceptors (Lipinski definition) is 3. The average Bonchev–Trinajstić information content (AvgIpc) is 2.30. The smallest absolute Gasteiger partial charge is 0.0806 e. The first kappa shape index (κ1) is 11.9. The standard InChI is InChI=1S/C12H18N2O/c1-2-3-4-5-6-7-12(15)11-8-9-13-14-10-11/h2,8-10,12,15H,1,3-7H2. The molecule has 0 bridgehead atoms. The number of hydrogen-bond donors (Lipinski definition) is 1. The maximum absolute atomic E-state index is 9.79. The predicted molar refractivity (Wildman–Crippen MR) is 60.3 cm³/mol. The van der Waals surface area contributed by atoms with Gasteiger partial charge in [-0.15, -0.1) is 6.58 Å². The van der Waals surface area contributed by atoms with Crippen LogP contribution in [0.2, 0.25) is 0 Å². The van der Waals surface area contributed by atoms with Crippen LogP contribution in [0.4, 0.5) is 0 Å². The Balaban J connectivity index is 2.19. The maximum Gasteiger partial charge on any atom is 0.0806 e. The molecule has 0 radical (unpaired) electrons. The lowest BCUT2D eigenvalue weighted by Crippen LogP contribution is -1.98. The molecular formula is C12H18N2O. The first-order valence-electron chi connectivity index (χ1n) is 5.40. The quantitative estimate of drug-likeness (QED) is 0.551. The van der Waals surface area contributed by atoms with Crippen LogP contribution in [0.1, 0.15) is 43.8 Å². The number of unbranched alkanes of at least 4 members (excludes halogenated alkanes) is 3. The molecule has 0 saturated carbocycles. The van der Waals surface area contributed by atoms with Crippen LogP contribution in [0.25, 0.3) is 0 Å². The van der Waals surface area contributed by atoms with E-state index in [9.17, 15) is 5.11 Å². The Hall–Kier alpha value is -1.22. The van der Waals surface area contributed by atoms with Gasteiger partial charge in [-0.2, -0.15) is 10.2 Å². The highest BCUT2D eigenvalue weighted by Gasteiger charge is 2.06. The van der Waals surface area contributed by atoms with Crippen molar-refractivity contribution >= 4 is 0 Å². The highest BCUT2D eigenvalue weighted by Crippen LogP contribution is 2.18. The summed E-state index contributed by atoms with van der Waals surface area (Å²) in [6, 6.07) is 1.81. The third kappa shape index (κ3) is 4.70. The van der Waals surface area contributed by atoms with Crippen molar-refractivity contribution in [2.45, 2.75) is 38.2 Å². The fourth-order valence-corrected chi connectivity index (χ4v) is 1.47. The SMILES string of the molecule is C=CCCCCCC(O)c1ccnnc1. The monoisotopic (exact) mass is 206 g/mol. The Morgan fingerprint density at radius 2 is 2.20 bits per heavy atom. The van der Waals surface area contributed by atoms with E-state index in [0.29, 0.717) is 0 Å². The van der Waals surface area contributed by atoms with E-state index >= 15 is 0 Å². The summed E-state index contributed by atoms with van der Waals surface area (Å²) in [5.74, 6) is 0. The highest BCUT2D eigenvalue weighted by atomic mass is 16.3. The number of nitrogens with zero attached hydrogens (tertiary/aromatic N) is 2. The molecule has 1 rings (SSSR count). The van der Waals surface area contributed by atoms with E-state index in [2.05, 4.69) is 16.8 Å². The summed E-state index contributed by atoms with van der Waals surface area (Å²) in [7, 11) is 0. The van der Waals surface area contributed by atoms with Crippen LogP contribution in [-0.2, 0) is 0 Å². The summed E-state index contributed by atoms with van der Waals surface area (Å²) in [4.78, 5) is 0. The number of allylic oxidation sites excluding steroid dienone is 1. The highest BCUT2D eigenvalue weighted by molar-refractivity contribution is 5.08. The van der Waals surface area contributed by atoms with Gasteiger partial charge >= 0.3 is 0 Å². The molecule has 1 N–H and O–H groups in total. The number of aromatic nitrogens is 2. The molecule has 0 aromatic carbocycles. The van der Waals surface area contributed by atoms with Gasteiger partial charge in [0, 0.05) is 11.8 Å². The van der Waals surface area contributed by atoms with Crippen LogP contribution in [0, 0.1) is 0 Å². The van der Waals surface area contributed by atoms with Crippen molar-refractivity contribution in [2.24, 2.45) is 0 Å². The minimum Gasteiger partial charge on any atom is -0.388 e. The van der Waals surface area contributed by atoms with Crippen LogP contribution < -0.4 is 0 Å². The van der Waals surface area contributed by atoms with Crippen molar-refractivity contribution in [1.29, 1.82) is 0 Å². The van der Waals surface area contributed by atoms with Crippen molar-refractivity contribution in [3.63, 3.8) is 0 Å². The van der Waals surface area contributed by atoms with Gasteiger partial charge < -0.3 is 5.11 Å². The number of rotatable bonds is 7. The van der Waals surface area contributed by atoms with Gasteiger partial charge in [0.15, 0.2) is 0 Å². The molecule has 1 aromatic heterocycles. The molecule has 1 heterocycles. The van der Waals surface area contributed by atoms with Gasteiger partial charge in [-0.3, -0.25) is 0 Å². The lowest BCUT2D eigenvalue weighted by molar-refractivity contribution is 0.163. The molecular weight excluding hydrogens is 188 g/mol. The zero-order chi connectivity index (χ0) is 10.9. The molecule has 0 saturated heterocycles. The second-order valence-corrected chi connectivity index (χ2v) is 3.62. The van der Waals surface area contributed by atoms with Gasteiger partial charge in [-0.1, -0.05) is 18.9 Å². The molecule has 0 aliphatic rings. The maximum atomic E-state index is 9.79. The summed E-state index contributed by atoms with van der Waals surface area (Å²) in [6.07, 6.45) is 9.96. The largest absolute Gasteiger partial charge is 0.388 e. The molecule has 3 heteroatoms.